The minimum atomic E-state index is -4.12. The number of hydrogen-bond donors (Lipinski definition) is 1. The van der Waals surface area contributed by atoms with Crippen LogP contribution in [0.15, 0.2) is 0 Å². The number of ether oxygens (including phenoxy) is 1. The van der Waals surface area contributed by atoms with Crippen LogP contribution in [0.1, 0.15) is 6.92 Å². The van der Waals surface area contributed by atoms with Crippen LogP contribution in [0.5, 0.6) is 0 Å². The molecule has 0 spiro atoms. The smallest absolute Gasteiger partial charge is 0.380 e. The monoisotopic (exact) mass is 171 g/mol. The van der Waals surface area contributed by atoms with Gasteiger partial charge in [0.25, 0.3) is 0 Å². The molecule has 0 aromatic carbocycles. The highest BCUT2D eigenvalue weighted by molar-refractivity contribution is 4.54. The summed E-state index contributed by atoms with van der Waals surface area (Å²) < 4.78 is 39.2. The highest BCUT2D eigenvalue weighted by Crippen LogP contribution is 2.11. The zero-order valence-corrected chi connectivity index (χ0v) is 6.37. The average Bonchev–Trinajstić information content (AvgIpc) is 1.85. The second-order valence-electron chi connectivity index (χ2n) is 1.99. The van der Waals surface area contributed by atoms with Gasteiger partial charge in [-0.1, -0.05) is 0 Å². The van der Waals surface area contributed by atoms with Gasteiger partial charge in [0.15, 0.2) is 0 Å². The highest BCUT2D eigenvalue weighted by atomic mass is 19.4. The first-order valence-electron chi connectivity index (χ1n) is 3.41. The number of halogens is 3. The van der Waals surface area contributed by atoms with Crippen molar-refractivity contribution in [1.29, 1.82) is 0 Å². The Morgan fingerprint density at radius 3 is 2.45 bits per heavy atom. The van der Waals surface area contributed by atoms with Crippen molar-refractivity contribution in [3.63, 3.8) is 0 Å². The molecule has 0 fully saturated rings. The Balaban J connectivity index is 3.02. The van der Waals surface area contributed by atoms with Crippen LogP contribution in [0.4, 0.5) is 13.2 Å². The summed E-state index contributed by atoms with van der Waals surface area (Å²) in [5.41, 5.74) is 0. The Bertz CT molecular complexity index is 94.3. The van der Waals surface area contributed by atoms with Crippen molar-refractivity contribution in [2.75, 3.05) is 26.3 Å². The maximum atomic E-state index is 11.5. The molecular formula is C6H12F3NO. The molecule has 0 atom stereocenters. The lowest BCUT2D eigenvalue weighted by atomic mass is 10.6. The minimum Gasteiger partial charge on any atom is -0.380 e. The molecule has 1 N–H and O–H groups in total. The Kier molecular flexibility index (Phi) is 5.23. The Labute approximate surface area is 63.7 Å². The summed E-state index contributed by atoms with van der Waals surface area (Å²) in [5.74, 6) is 0. The summed E-state index contributed by atoms with van der Waals surface area (Å²) in [6.45, 7) is 1.96. The van der Waals surface area contributed by atoms with E-state index in [1.165, 1.54) is 0 Å². The molecule has 0 radical (unpaired) electrons. The van der Waals surface area contributed by atoms with Gasteiger partial charge in [-0.2, -0.15) is 13.2 Å². The molecule has 0 aliphatic carbocycles. The number of alkyl halides is 3. The third-order valence-corrected chi connectivity index (χ3v) is 0.953. The van der Waals surface area contributed by atoms with Crippen LogP contribution in [0.3, 0.4) is 0 Å². The fourth-order valence-electron chi connectivity index (χ4n) is 0.519. The van der Waals surface area contributed by atoms with Gasteiger partial charge in [-0.3, -0.25) is 0 Å². The molecule has 5 heteroatoms. The van der Waals surface area contributed by atoms with Crippen LogP contribution in [-0.4, -0.2) is 32.5 Å². The van der Waals surface area contributed by atoms with E-state index in [4.69, 9.17) is 4.74 Å². The van der Waals surface area contributed by atoms with E-state index in [1.54, 1.807) is 6.92 Å². The lowest BCUT2D eigenvalue weighted by Crippen LogP contribution is -2.31. The summed E-state index contributed by atoms with van der Waals surface area (Å²) in [6, 6.07) is 0. The van der Waals surface area contributed by atoms with Crippen LogP contribution in [0.25, 0.3) is 0 Å². The zero-order valence-electron chi connectivity index (χ0n) is 6.37. The predicted octanol–water partition coefficient (Wildman–Crippen LogP) is 1.17. The van der Waals surface area contributed by atoms with E-state index in [1.807, 2.05) is 0 Å². The van der Waals surface area contributed by atoms with Crippen molar-refractivity contribution >= 4 is 0 Å². The minimum absolute atomic E-state index is 0.243. The fourth-order valence-corrected chi connectivity index (χ4v) is 0.519. The standard InChI is InChI=1S/C6H12F3NO/c1-2-11-4-3-10-5-6(7,8)9/h10H,2-5H2,1H3. The summed E-state index contributed by atoms with van der Waals surface area (Å²) in [5, 5.41) is 2.21. The second kappa shape index (κ2) is 5.37. The largest absolute Gasteiger partial charge is 0.401 e. The molecular weight excluding hydrogens is 159 g/mol. The van der Waals surface area contributed by atoms with Gasteiger partial charge >= 0.3 is 6.18 Å². The zero-order chi connectivity index (χ0) is 8.74. The average molecular weight is 171 g/mol. The van der Waals surface area contributed by atoms with E-state index in [0.29, 0.717) is 13.2 Å². The summed E-state index contributed by atoms with van der Waals surface area (Å²) in [6.07, 6.45) is -4.12. The third-order valence-electron chi connectivity index (χ3n) is 0.953. The fraction of sp³-hybridized carbons (Fsp3) is 1.00. The van der Waals surface area contributed by atoms with Crippen molar-refractivity contribution in [3.8, 4) is 0 Å². The van der Waals surface area contributed by atoms with E-state index in [0.717, 1.165) is 0 Å². The van der Waals surface area contributed by atoms with Crippen molar-refractivity contribution in [1.82, 2.24) is 5.32 Å². The summed E-state index contributed by atoms with van der Waals surface area (Å²) >= 11 is 0. The van der Waals surface area contributed by atoms with Crippen LogP contribution in [0, 0.1) is 0 Å². The van der Waals surface area contributed by atoms with Gasteiger partial charge in [-0.25, -0.2) is 0 Å². The van der Waals surface area contributed by atoms with Gasteiger partial charge in [-0.05, 0) is 6.92 Å². The second-order valence-corrected chi connectivity index (χ2v) is 1.99. The first-order chi connectivity index (χ1) is 5.06. The van der Waals surface area contributed by atoms with Gasteiger partial charge in [0.1, 0.15) is 0 Å². The topological polar surface area (TPSA) is 21.3 Å². The summed E-state index contributed by atoms with van der Waals surface area (Å²) in [4.78, 5) is 0. The quantitative estimate of drug-likeness (QED) is 0.627. The molecule has 68 valence electrons. The molecule has 0 amide bonds. The Hall–Kier alpha value is -0.290. The van der Waals surface area contributed by atoms with Crippen molar-refractivity contribution in [2.24, 2.45) is 0 Å². The van der Waals surface area contributed by atoms with Crippen LogP contribution in [0.2, 0.25) is 0 Å². The number of nitrogens with one attached hydrogen (secondary N) is 1. The molecule has 0 bridgehead atoms. The Morgan fingerprint density at radius 2 is 2.00 bits per heavy atom. The van der Waals surface area contributed by atoms with Gasteiger partial charge in [-0.15, -0.1) is 0 Å². The highest BCUT2D eigenvalue weighted by Gasteiger charge is 2.25. The van der Waals surface area contributed by atoms with Crippen LogP contribution < -0.4 is 5.32 Å². The Morgan fingerprint density at radius 1 is 1.36 bits per heavy atom. The van der Waals surface area contributed by atoms with Crippen LogP contribution in [-0.2, 0) is 4.74 Å². The van der Waals surface area contributed by atoms with Gasteiger partial charge in [0, 0.05) is 13.2 Å². The van der Waals surface area contributed by atoms with Gasteiger partial charge in [0.2, 0.25) is 0 Å². The van der Waals surface area contributed by atoms with Crippen molar-refractivity contribution < 1.29 is 17.9 Å². The van der Waals surface area contributed by atoms with E-state index in [-0.39, 0.29) is 6.54 Å². The molecule has 0 aromatic heterocycles. The lowest BCUT2D eigenvalue weighted by Gasteiger charge is -2.07. The maximum absolute atomic E-state index is 11.5. The first kappa shape index (κ1) is 10.7. The molecule has 0 aliphatic heterocycles. The lowest BCUT2D eigenvalue weighted by molar-refractivity contribution is -0.125. The molecule has 0 saturated carbocycles. The maximum Gasteiger partial charge on any atom is 0.401 e. The molecule has 0 heterocycles. The molecule has 0 saturated heterocycles. The molecule has 0 rings (SSSR count). The van der Waals surface area contributed by atoms with E-state index >= 15 is 0 Å². The van der Waals surface area contributed by atoms with E-state index in [9.17, 15) is 13.2 Å². The van der Waals surface area contributed by atoms with Gasteiger partial charge < -0.3 is 10.1 Å². The molecule has 2 nitrogen and oxygen atoms in total. The van der Waals surface area contributed by atoms with E-state index < -0.39 is 12.7 Å². The molecule has 11 heavy (non-hydrogen) atoms. The molecule has 0 unspecified atom stereocenters. The molecule has 0 aliphatic rings. The third kappa shape index (κ3) is 9.71. The van der Waals surface area contributed by atoms with Gasteiger partial charge in [0.05, 0.1) is 13.2 Å². The SMILES string of the molecule is CCOCCNCC(F)(F)F. The van der Waals surface area contributed by atoms with Crippen molar-refractivity contribution in [2.45, 2.75) is 13.1 Å². The number of hydrogen-bond acceptors (Lipinski definition) is 2. The van der Waals surface area contributed by atoms with E-state index in [2.05, 4.69) is 5.32 Å². The van der Waals surface area contributed by atoms with Crippen LogP contribution >= 0.6 is 0 Å². The number of rotatable bonds is 5. The predicted molar refractivity (Wildman–Crippen MR) is 35.4 cm³/mol. The van der Waals surface area contributed by atoms with Crippen molar-refractivity contribution in [3.05, 3.63) is 0 Å². The first-order valence-corrected chi connectivity index (χ1v) is 3.41. The summed E-state index contributed by atoms with van der Waals surface area (Å²) in [7, 11) is 0. The molecule has 0 aromatic rings. The normalized spacial score (nSPS) is 12.0.